The molecule has 0 bridgehead atoms. The molecule has 4 aromatic rings. The fourth-order valence-corrected chi connectivity index (χ4v) is 5.91. The third-order valence-electron chi connectivity index (χ3n) is 7.60. The van der Waals surface area contributed by atoms with E-state index in [1.54, 1.807) is 24.3 Å². The van der Waals surface area contributed by atoms with Gasteiger partial charge in [-0.15, -0.1) is 0 Å². The van der Waals surface area contributed by atoms with Crippen molar-refractivity contribution in [2.24, 2.45) is 4.99 Å². The molecule has 2 atom stereocenters. The maximum atomic E-state index is 14.8. The number of carbonyl (C=O) groups excluding carboxylic acids is 2. The summed E-state index contributed by atoms with van der Waals surface area (Å²) in [7, 11) is 0. The molecule has 2 amide bonds. The number of aliphatic hydroxyl groups is 1. The second kappa shape index (κ2) is 11.9. The van der Waals surface area contributed by atoms with Gasteiger partial charge in [0.25, 0.3) is 11.8 Å². The monoisotopic (exact) mass is 624 g/mol. The molecule has 0 spiro atoms. The molecule has 0 aliphatic carbocycles. The van der Waals surface area contributed by atoms with Gasteiger partial charge in [-0.3, -0.25) is 14.5 Å². The van der Waals surface area contributed by atoms with Gasteiger partial charge in [-0.05, 0) is 53.6 Å². The first-order valence-corrected chi connectivity index (χ1v) is 14.6. The van der Waals surface area contributed by atoms with Gasteiger partial charge in [0.05, 0.1) is 13.2 Å². The van der Waals surface area contributed by atoms with Gasteiger partial charge in [0, 0.05) is 40.6 Å². The average Bonchev–Trinajstić information content (AvgIpc) is 3.37. The minimum Gasteiger partial charge on any atom is -0.494 e. The van der Waals surface area contributed by atoms with E-state index < -0.39 is 17.6 Å². The molecule has 0 fully saturated rings. The Labute approximate surface area is 252 Å². The normalized spacial score (nSPS) is 19.3. The highest BCUT2D eigenvalue weighted by molar-refractivity contribution is 9.10. The zero-order chi connectivity index (χ0) is 29.1. The summed E-state index contributed by atoms with van der Waals surface area (Å²) in [6.07, 6.45) is 0.00472. The summed E-state index contributed by atoms with van der Waals surface area (Å²) in [5, 5.41) is 9.04. The van der Waals surface area contributed by atoms with Gasteiger partial charge in [-0.25, -0.2) is 4.99 Å². The first kappa shape index (κ1) is 27.9. The molecule has 0 saturated carbocycles. The van der Waals surface area contributed by atoms with Crippen LogP contribution in [0, 0.1) is 0 Å². The van der Waals surface area contributed by atoms with E-state index in [0.717, 1.165) is 21.2 Å². The van der Waals surface area contributed by atoms with Crippen LogP contribution >= 0.6 is 15.9 Å². The number of imide groups is 1. The van der Waals surface area contributed by atoms with Gasteiger partial charge in [-0.1, -0.05) is 76.6 Å². The number of ether oxygens (including phenoxy) is 2. The van der Waals surface area contributed by atoms with Crippen LogP contribution in [0.1, 0.15) is 45.1 Å². The molecule has 0 radical (unpaired) electrons. The van der Waals surface area contributed by atoms with Crippen LogP contribution in [-0.2, 0) is 22.5 Å². The van der Waals surface area contributed by atoms with Crippen molar-refractivity contribution in [2.75, 3.05) is 13.2 Å². The smallest absolute Gasteiger partial charge is 0.262 e. The fraction of sp³-hybridized carbons (Fsp3) is 0.206. The summed E-state index contributed by atoms with van der Waals surface area (Å²) >= 11 is 3.65. The van der Waals surface area contributed by atoms with E-state index in [9.17, 15) is 9.59 Å². The van der Waals surface area contributed by atoms with Crippen LogP contribution in [0.3, 0.4) is 0 Å². The van der Waals surface area contributed by atoms with Crippen LogP contribution in [0.4, 0.5) is 0 Å². The molecule has 0 unspecified atom stereocenters. The van der Waals surface area contributed by atoms with Crippen molar-refractivity contribution in [3.8, 4) is 5.75 Å². The Balaban J connectivity index is 1.48. The second-order valence-corrected chi connectivity index (χ2v) is 11.2. The Kier molecular flexibility index (Phi) is 7.91. The number of halogens is 1. The zero-order valence-electron chi connectivity index (χ0n) is 22.8. The van der Waals surface area contributed by atoms with Crippen molar-refractivity contribution < 1.29 is 24.2 Å². The molecular formula is C34H29BrN2O5. The number of amides is 2. The number of aliphatic hydroxyl groups excluding tert-OH is 1. The van der Waals surface area contributed by atoms with Crippen molar-refractivity contribution in [3.05, 3.63) is 135 Å². The summed E-state index contributed by atoms with van der Waals surface area (Å²) in [4.78, 5) is 35.1. The minimum atomic E-state index is -1.44. The highest BCUT2D eigenvalue weighted by atomic mass is 79.9. The van der Waals surface area contributed by atoms with E-state index in [0.29, 0.717) is 35.8 Å². The third kappa shape index (κ3) is 5.24. The molecule has 42 heavy (non-hydrogen) atoms. The van der Waals surface area contributed by atoms with Gasteiger partial charge < -0.3 is 14.6 Å². The summed E-state index contributed by atoms with van der Waals surface area (Å²) in [6, 6.07) is 31.6. The maximum absolute atomic E-state index is 14.8. The molecule has 0 aromatic heterocycles. The number of carbonyl (C=O) groups is 2. The lowest BCUT2D eigenvalue weighted by Crippen LogP contribution is -2.51. The molecule has 2 aliphatic rings. The molecule has 8 heteroatoms. The van der Waals surface area contributed by atoms with E-state index in [-0.39, 0.29) is 25.5 Å². The summed E-state index contributed by atoms with van der Waals surface area (Å²) in [5.41, 5.74) is 2.21. The quantitative estimate of drug-likeness (QED) is 0.195. The lowest BCUT2D eigenvalue weighted by molar-refractivity contribution is -0.136. The number of rotatable bonds is 8. The van der Waals surface area contributed by atoms with Crippen LogP contribution < -0.4 is 4.74 Å². The summed E-state index contributed by atoms with van der Waals surface area (Å²) in [5.74, 6) is 0.193. The lowest BCUT2D eigenvalue weighted by atomic mass is 9.81. The molecular weight excluding hydrogens is 596 g/mol. The Morgan fingerprint density at radius 1 is 0.976 bits per heavy atom. The lowest BCUT2D eigenvalue weighted by Gasteiger charge is -2.32. The summed E-state index contributed by atoms with van der Waals surface area (Å²) in [6.45, 7) is 0.578. The van der Waals surface area contributed by atoms with Crippen molar-refractivity contribution in [1.29, 1.82) is 0 Å². The predicted molar refractivity (Wildman–Crippen MR) is 162 cm³/mol. The van der Waals surface area contributed by atoms with E-state index in [1.807, 2.05) is 78.9 Å². The Morgan fingerprint density at radius 3 is 2.45 bits per heavy atom. The minimum absolute atomic E-state index is 0.0586. The highest BCUT2D eigenvalue weighted by Crippen LogP contribution is 2.47. The van der Waals surface area contributed by atoms with Crippen molar-refractivity contribution >= 4 is 33.6 Å². The van der Waals surface area contributed by atoms with Gasteiger partial charge in [-0.2, -0.15) is 0 Å². The average molecular weight is 626 g/mol. The fourth-order valence-electron chi connectivity index (χ4n) is 5.49. The molecule has 2 aliphatic heterocycles. The van der Waals surface area contributed by atoms with Gasteiger partial charge in [0.15, 0.2) is 11.6 Å². The van der Waals surface area contributed by atoms with E-state index in [4.69, 9.17) is 19.6 Å². The Morgan fingerprint density at radius 2 is 1.69 bits per heavy atom. The zero-order valence-corrected chi connectivity index (χ0v) is 24.4. The topological polar surface area (TPSA) is 88.4 Å². The molecule has 2 heterocycles. The van der Waals surface area contributed by atoms with E-state index >= 15 is 0 Å². The van der Waals surface area contributed by atoms with Crippen LogP contribution in [-0.4, -0.2) is 46.5 Å². The number of aliphatic imine (C=N–C) groups is 1. The standard InChI is InChI=1S/C34H29BrN2O5/c35-29-14-7-5-11-25(29)21-34-30(42-31(36-34)23-15-17-27(18-16-23)41-20-8-19-38)28-13-6-4-12-26(28)22-37(33(34)40)32(39)24-9-2-1-3-10-24/h1-7,9-18,30,38H,8,19-22H2/t30-,34-/m0/s1. The van der Waals surface area contributed by atoms with Crippen LogP contribution in [0.25, 0.3) is 0 Å². The van der Waals surface area contributed by atoms with Gasteiger partial charge in [0.2, 0.25) is 5.90 Å². The van der Waals surface area contributed by atoms with Gasteiger partial charge >= 0.3 is 0 Å². The Hall–Kier alpha value is -4.27. The largest absolute Gasteiger partial charge is 0.494 e. The number of benzene rings is 4. The van der Waals surface area contributed by atoms with Gasteiger partial charge in [0.1, 0.15) is 5.75 Å². The van der Waals surface area contributed by atoms with E-state index in [1.165, 1.54) is 4.90 Å². The predicted octanol–water partition coefficient (Wildman–Crippen LogP) is 5.89. The van der Waals surface area contributed by atoms with Crippen LogP contribution in [0.2, 0.25) is 0 Å². The van der Waals surface area contributed by atoms with Crippen molar-refractivity contribution in [1.82, 2.24) is 4.90 Å². The summed E-state index contributed by atoms with van der Waals surface area (Å²) < 4.78 is 13.2. The number of hydrogen-bond acceptors (Lipinski definition) is 6. The molecule has 0 saturated heterocycles. The molecule has 6 rings (SSSR count). The number of hydrogen-bond donors (Lipinski definition) is 1. The maximum Gasteiger partial charge on any atom is 0.262 e. The van der Waals surface area contributed by atoms with Crippen molar-refractivity contribution in [3.63, 3.8) is 0 Å². The Bertz CT molecular complexity index is 1640. The second-order valence-electron chi connectivity index (χ2n) is 10.3. The van der Waals surface area contributed by atoms with Crippen LogP contribution in [0.15, 0.2) is 113 Å². The molecule has 7 nitrogen and oxygen atoms in total. The highest BCUT2D eigenvalue weighted by Gasteiger charge is 2.58. The first-order chi connectivity index (χ1) is 20.5. The third-order valence-corrected chi connectivity index (χ3v) is 8.38. The molecule has 4 aromatic carbocycles. The number of nitrogens with zero attached hydrogens (tertiary/aromatic N) is 2. The number of fused-ring (bicyclic) bond motifs is 3. The molecule has 212 valence electrons. The SMILES string of the molecule is O=C(c1ccccc1)N1Cc2ccccc2[C@@H]2OC(c3ccc(OCCCO)cc3)=N[C@]2(Cc2ccccc2Br)C1=O. The van der Waals surface area contributed by atoms with Crippen molar-refractivity contribution in [2.45, 2.75) is 31.0 Å². The molecule has 1 N–H and O–H groups in total. The van der Waals surface area contributed by atoms with E-state index in [2.05, 4.69) is 15.9 Å². The van der Waals surface area contributed by atoms with Crippen LogP contribution in [0.5, 0.6) is 5.75 Å². The first-order valence-electron chi connectivity index (χ1n) is 13.8.